The normalized spacial score (nSPS) is 22.8. The van der Waals surface area contributed by atoms with E-state index in [2.05, 4.69) is 21.6 Å². The van der Waals surface area contributed by atoms with Gasteiger partial charge >= 0.3 is 11.8 Å². The van der Waals surface area contributed by atoms with Crippen LogP contribution in [0.3, 0.4) is 0 Å². The van der Waals surface area contributed by atoms with Crippen LogP contribution in [0.4, 0.5) is 0 Å². The summed E-state index contributed by atoms with van der Waals surface area (Å²) < 4.78 is 0. The Morgan fingerprint density at radius 2 is 1.48 bits per heavy atom. The van der Waals surface area contributed by atoms with E-state index < -0.39 is 23.6 Å². The predicted octanol–water partition coefficient (Wildman–Crippen LogP) is -0.708. The summed E-state index contributed by atoms with van der Waals surface area (Å²) in [4.78, 5) is 37.1. The fourth-order valence-electron chi connectivity index (χ4n) is 3.76. The maximum Gasteiger partial charge on any atom is 0.330 e. The SMILES string of the molecule is O=C1NNC2NC(=O)C3(NN2C1=O)c1ccccc1-c1ccccc13. The molecule has 0 radical (unpaired) electrons. The minimum atomic E-state index is -1.27. The molecule has 2 aromatic carbocycles. The van der Waals surface area contributed by atoms with Crippen molar-refractivity contribution in [1.29, 1.82) is 0 Å². The standard InChI is InChI=1S/C17H13N5O3/c23-13-14(24)22-16(20-19-13)18-15(25)17(21-22)11-7-3-1-5-9(11)10-6-2-4-8-12(10)17/h1-8,16,20-21H,(H,18,25)(H,19,23). The van der Waals surface area contributed by atoms with Gasteiger partial charge in [-0.05, 0) is 22.3 Å². The first-order chi connectivity index (χ1) is 12.1. The molecule has 25 heavy (non-hydrogen) atoms. The number of hydrazine groups is 2. The smallest absolute Gasteiger partial charge is 0.319 e. The number of nitrogens with zero attached hydrogens (tertiary/aromatic N) is 1. The molecule has 5 rings (SSSR count). The molecule has 1 aliphatic carbocycles. The number of carbonyl (C=O) groups excluding carboxylic acids is 3. The summed E-state index contributed by atoms with van der Waals surface area (Å²) >= 11 is 0. The van der Waals surface area contributed by atoms with E-state index in [0.717, 1.165) is 27.3 Å². The summed E-state index contributed by atoms with van der Waals surface area (Å²) in [6, 6.07) is 15.1. The molecule has 1 unspecified atom stereocenters. The highest BCUT2D eigenvalue weighted by molar-refractivity contribution is 6.35. The van der Waals surface area contributed by atoms with Crippen LogP contribution in [-0.4, -0.2) is 29.0 Å². The van der Waals surface area contributed by atoms with Crippen LogP contribution < -0.4 is 21.6 Å². The third-order valence-corrected chi connectivity index (χ3v) is 4.84. The lowest BCUT2D eigenvalue weighted by molar-refractivity contribution is -0.167. The van der Waals surface area contributed by atoms with Crippen LogP contribution in [0.1, 0.15) is 11.1 Å². The minimum absolute atomic E-state index is 0.303. The number of nitrogens with one attached hydrogen (secondary N) is 4. The average Bonchev–Trinajstić information content (AvgIpc) is 2.92. The van der Waals surface area contributed by atoms with Gasteiger partial charge in [0.1, 0.15) is 0 Å². The van der Waals surface area contributed by atoms with Gasteiger partial charge in [0.05, 0.1) is 0 Å². The largest absolute Gasteiger partial charge is 0.330 e. The van der Waals surface area contributed by atoms with Crippen molar-refractivity contribution in [1.82, 2.24) is 26.6 Å². The molecule has 2 aromatic rings. The Labute approximate surface area is 142 Å². The Morgan fingerprint density at radius 1 is 0.880 bits per heavy atom. The molecule has 2 aliphatic heterocycles. The molecule has 2 fully saturated rings. The minimum Gasteiger partial charge on any atom is -0.319 e. The zero-order valence-corrected chi connectivity index (χ0v) is 12.9. The maximum atomic E-state index is 13.1. The van der Waals surface area contributed by atoms with Crippen molar-refractivity contribution in [3.63, 3.8) is 0 Å². The Balaban J connectivity index is 1.74. The Morgan fingerprint density at radius 3 is 2.12 bits per heavy atom. The highest BCUT2D eigenvalue weighted by atomic mass is 16.2. The molecule has 0 aromatic heterocycles. The zero-order valence-electron chi connectivity index (χ0n) is 12.9. The quantitative estimate of drug-likeness (QED) is 0.477. The molecular formula is C17H13N5O3. The van der Waals surface area contributed by atoms with E-state index >= 15 is 0 Å². The predicted molar refractivity (Wildman–Crippen MR) is 85.8 cm³/mol. The van der Waals surface area contributed by atoms with Crippen LogP contribution in [0.5, 0.6) is 0 Å². The number of hydrogen-bond donors (Lipinski definition) is 4. The number of benzene rings is 2. The molecular weight excluding hydrogens is 322 g/mol. The van der Waals surface area contributed by atoms with Crippen LogP contribution in [0.15, 0.2) is 48.5 Å². The highest BCUT2D eigenvalue weighted by Gasteiger charge is 2.56. The third-order valence-electron chi connectivity index (χ3n) is 4.84. The van der Waals surface area contributed by atoms with Crippen LogP contribution >= 0.6 is 0 Å². The van der Waals surface area contributed by atoms with Crippen molar-refractivity contribution in [3.8, 4) is 11.1 Å². The molecule has 0 bridgehead atoms. The zero-order chi connectivity index (χ0) is 17.2. The molecule has 1 spiro atoms. The molecule has 0 saturated carbocycles. The number of rotatable bonds is 0. The second-order valence-electron chi connectivity index (χ2n) is 6.10. The lowest BCUT2D eigenvalue weighted by atomic mass is 9.86. The molecule has 4 N–H and O–H groups in total. The van der Waals surface area contributed by atoms with Crippen molar-refractivity contribution in [3.05, 3.63) is 59.7 Å². The van der Waals surface area contributed by atoms with Gasteiger partial charge in [-0.1, -0.05) is 48.5 Å². The fraction of sp³-hybridized carbons (Fsp3) is 0.118. The summed E-state index contributed by atoms with van der Waals surface area (Å²) in [5.74, 6) is -1.87. The fourth-order valence-corrected chi connectivity index (χ4v) is 3.76. The van der Waals surface area contributed by atoms with Gasteiger partial charge in [0.25, 0.3) is 5.91 Å². The third kappa shape index (κ3) is 1.64. The number of amides is 3. The van der Waals surface area contributed by atoms with Crippen molar-refractivity contribution >= 4 is 17.7 Å². The molecule has 3 aliphatic rings. The van der Waals surface area contributed by atoms with Crippen molar-refractivity contribution in [2.45, 2.75) is 11.8 Å². The molecule has 124 valence electrons. The maximum absolute atomic E-state index is 13.1. The average molecular weight is 335 g/mol. The highest BCUT2D eigenvalue weighted by Crippen LogP contribution is 2.48. The topological polar surface area (TPSA) is 103 Å². The van der Waals surface area contributed by atoms with Crippen molar-refractivity contribution in [2.24, 2.45) is 0 Å². The van der Waals surface area contributed by atoms with Gasteiger partial charge in [0.2, 0.25) is 0 Å². The van der Waals surface area contributed by atoms with Crippen LogP contribution in [0.2, 0.25) is 0 Å². The van der Waals surface area contributed by atoms with Gasteiger partial charge < -0.3 is 5.32 Å². The molecule has 2 saturated heterocycles. The first-order valence-corrected chi connectivity index (χ1v) is 7.80. The van der Waals surface area contributed by atoms with Crippen molar-refractivity contribution < 1.29 is 14.4 Å². The Bertz CT molecular complexity index is 911. The first-order valence-electron chi connectivity index (χ1n) is 7.80. The Hall–Kier alpha value is -3.23. The van der Waals surface area contributed by atoms with Gasteiger partial charge in [-0.2, -0.15) is 5.43 Å². The molecule has 8 heteroatoms. The van der Waals surface area contributed by atoms with Crippen molar-refractivity contribution in [2.75, 3.05) is 0 Å². The monoisotopic (exact) mass is 335 g/mol. The van der Waals surface area contributed by atoms with Gasteiger partial charge in [-0.25, -0.2) is 10.4 Å². The first kappa shape index (κ1) is 14.1. The van der Waals surface area contributed by atoms with Crippen LogP contribution in [0, 0.1) is 0 Å². The van der Waals surface area contributed by atoms with E-state index in [0.29, 0.717) is 0 Å². The van der Waals surface area contributed by atoms with E-state index in [1.54, 1.807) is 0 Å². The van der Waals surface area contributed by atoms with E-state index in [4.69, 9.17) is 0 Å². The lowest BCUT2D eigenvalue weighted by Gasteiger charge is -2.47. The number of carbonyl (C=O) groups is 3. The van der Waals surface area contributed by atoms with Crippen LogP contribution in [-0.2, 0) is 19.9 Å². The lowest BCUT2D eigenvalue weighted by Crippen LogP contribution is -2.81. The summed E-state index contributed by atoms with van der Waals surface area (Å²) in [5.41, 5.74) is 9.91. The van der Waals surface area contributed by atoms with E-state index in [-0.39, 0.29) is 5.91 Å². The van der Waals surface area contributed by atoms with Gasteiger partial charge in [0, 0.05) is 0 Å². The van der Waals surface area contributed by atoms with E-state index in [1.165, 1.54) is 0 Å². The second-order valence-corrected chi connectivity index (χ2v) is 6.10. The Kier molecular flexibility index (Phi) is 2.63. The number of fused-ring (bicyclic) bond motifs is 6. The van der Waals surface area contributed by atoms with Gasteiger partial charge in [-0.15, -0.1) is 0 Å². The molecule has 2 heterocycles. The van der Waals surface area contributed by atoms with E-state index in [9.17, 15) is 14.4 Å². The number of hydrogen-bond acceptors (Lipinski definition) is 5. The van der Waals surface area contributed by atoms with Gasteiger partial charge in [-0.3, -0.25) is 19.8 Å². The van der Waals surface area contributed by atoms with E-state index in [1.807, 2.05) is 48.5 Å². The summed E-state index contributed by atoms with van der Waals surface area (Å²) in [7, 11) is 0. The van der Waals surface area contributed by atoms with Crippen LogP contribution in [0.25, 0.3) is 11.1 Å². The molecule has 1 atom stereocenters. The second kappa shape index (κ2) is 4.65. The summed E-state index contributed by atoms with van der Waals surface area (Å²) in [6.07, 6.45) is -0.858. The molecule has 3 amide bonds. The summed E-state index contributed by atoms with van der Waals surface area (Å²) in [6.45, 7) is 0. The molecule has 8 nitrogen and oxygen atoms in total. The van der Waals surface area contributed by atoms with Gasteiger partial charge in [0.15, 0.2) is 11.8 Å². The summed E-state index contributed by atoms with van der Waals surface area (Å²) in [5, 5.41) is 3.89.